The van der Waals surface area contributed by atoms with Gasteiger partial charge in [-0.3, -0.25) is 14.9 Å². The van der Waals surface area contributed by atoms with E-state index in [9.17, 15) is 19.7 Å². The SMILES string of the molecule is O=C(COC(=O)c1cccc(Br)c1)Nc1cc2c(cc1[N+](=O)[O-])OCCCO2. The van der Waals surface area contributed by atoms with Crippen LogP contribution in [0.3, 0.4) is 0 Å². The highest BCUT2D eigenvalue weighted by molar-refractivity contribution is 9.10. The largest absolute Gasteiger partial charge is 0.489 e. The molecule has 2 aromatic carbocycles. The molecule has 0 spiro atoms. The first kappa shape index (κ1) is 19.6. The van der Waals surface area contributed by atoms with E-state index in [0.29, 0.717) is 29.9 Å². The lowest BCUT2D eigenvalue weighted by Crippen LogP contribution is -2.21. The lowest BCUT2D eigenvalue weighted by Gasteiger charge is -2.11. The highest BCUT2D eigenvalue weighted by atomic mass is 79.9. The molecule has 146 valence electrons. The number of esters is 1. The van der Waals surface area contributed by atoms with Gasteiger partial charge in [0.15, 0.2) is 18.1 Å². The predicted octanol–water partition coefficient (Wildman–Crippen LogP) is 3.31. The summed E-state index contributed by atoms with van der Waals surface area (Å²) < 4.78 is 16.5. The first-order valence-electron chi connectivity index (χ1n) is 8.24. The number of nitrogens with zero attached hydrogens (tertiary/aromatic N) is 1. The van der Waals surface area contributed by atoms with E-state index in [1.165, 1.54) is 12.1 Å². The highest BCUT2D eigenvalue weighted by Gasteiger charge is 2.23. The fourth-order valence-electron chi connectivity index (χ4n) is 2.47. The number of fused-ring (bicyclic) bond motifs is 1. The summed E-state index contributed by atoms with van der Waals surface area (Å²) in [5, 5.41) is 13.7. The summed E-state index contributed by atoms with van der Waals surface area (Å²) >= 11 is 3.24. The van der Waals surface area contributed by atoms with E-state index in [-0.39, 0.29) is 22.7 Å². The molecule has 0 fully saturated rings. The second kappa shape index (κ2) is 8.70. The van der Waals surface area contributed by atoms with Crippen molar-refractivity contribution in [3.63, 3.8) is 0 Å². The van der Waals surface area contributed by atoms with E-state index < -0.39 is 23.4 Å². The number of hydrogen-bond donors (Lipinski definition) is 1. The first-order valence-corrected chi connectivity index (χ1v) is 9.04. The van der Waals surface area contributed by atoms with Gasteiger partial charge in [0.2, 0.25) is 0 Å². The van der Waals surface area contributed by atoms with Crippen molar-refractivity contribution in [1.29, 1.82) is 0 Å². The molecular formula is C18H15BrN2O7. The van der Waals surface area contributed by atoms with E-state index in [4.69, 9.17) is 14.2 Å². The Morgan fingerprint density at radius 2 is 1.89 bits per heavy atom. The third kappa shape index (κ3) is 4.77. The summed E-state index contributed by atoms with van der Waals surface area (Å²) in [5.41, 5.74) is -0.155. The minimum atomic E-state index is -0.721. The van der Waals surface area contributed by atoms with Crippen LogP contribution in [0, 0.1) is 10.1 Å². The van der Waals surface area contributed by atoms with Crippen LogP contribution in [0.5, 0.6) is 11.5 Å². The van der Waals surface area contributed by atoms with Gasteiger partial charge in [0.05, 0.1) is 29.8 Å². The Morgan fingerprint density at radius 1 is 1.18 bits per heavy atom. The zero-order valence-corrected chi connectivity index (χ0v) is 16.1. The number of nitrogens with one attached hydrogen (secondary N) is 1. The molecule has 1 aliphatic heterocycles. The van der Waals surface area contributed by atoms with Crippen LogP contribution in [-0.4, -0.2) is 36.6 Å². The lowest BCUT2D eigenvalue weighted by molar-refractivity contribution is -0.384. The number of halogens is 1. The van der Waals surface area contributed by atoms with Gasteiger partial charge in [0, 0.05) is 17.0 Å². The van der Waals surface area contributed by atoms with Crippen LogP contribution in [0.25, 0.3) is 0 Å². The van der Waals surface area contributed by atoms with Gasteiger partial charge in [-0.15, -0.1) is 0 Å². The van der Waals surface area contributed by atoms with Crippen molar-refractivity contribution >= 4 is 39.2 Å². The zero-order valence-electron chi connectivity index (χ0n) is 14.5. The van der Waals surface area contributed by atoms with Crippen LogP contribution < -0.4 is 14.8 Å². The van der Waals surface area contributed by atoms with Crippen LogP contribution in [0.4, 0.5) is 11.4 Å². The number of anilines is 1. The van der Waals surface area contributed by atoms with Crippen molar-refractivity contribution in [3.8, 4) is 11.5 Å². The maximum atomic E-state index is 12.1. The molecule has 0 saturated heterocycles. The molecule has 0 bridgehead atoms. The molecular weight excluding hydrogens is 436 g/mol. The number of amides is 1. The van der Waals surface area contributed by atoms with Crippen molar-refractivity contribution in [2.24, 2.45) is 0 Å². The van der Waals surface area contributed by atoms with Gasteiger partial charge in [-0.2, -0.15) is 0 Å². The van der Waals surface area contributed by atoms with Crippen LogP contribution >= 0.6 is 15.9 Å². The molecule has 10 heteroatoms. The number of rotatable bonds is 5. The molecule has 1 amide bonds. The van der Waals surface area contributed by atoms with Crippen molar-refractivity contribution in [2.75, 3.05) is 25.1 Å². The van der Waals surface area contributed by atoms with Gasteiger partial charge in [-0.1, -0.05) is 22.0 Å². The van der Waals surface area contributed by atoms with E-state index in [2.05, 4.69) is 21.2 Å². The average molecular weight is 451 g/mol. The molecule has 2 aromatic rings. The molecule has 9 nitrogen and oxygen atoms in total. The predicted molar refractivity (Wildman–Crippen MR) is 102 cm³/mol. The number of nitro groups is 1. The fourth-order valence-corrected chi connectivity index (χ4v) is 2.86. The number of nitro benzene ring substituents is 1. The Hall–Kier alpha value is -3.14. The lowest BCUT2D eigenvalue weighted by atomic mass is 10.2. The molecule has 1 heterocycles. The minimum Gasteiger partial charge on any atom is -0.489 e. The van der Waals surface area contributed by atoms with Crippen molar-refractivity contribution in [1.82, 2.24) is 0 Å². The Balaban J connectivity index is 1.70. The van der Waals surface area contributed by atoms with Gasteiger partial charge in [0.25, 0.3) is 11.6 Å². The van der Waals surface area contributed by atoms with Crippen LogP contribution in [0.15, 0.2) is 40.9 Å². The molecule has 0 saturated carbocycles. The third-order valence-corrected chi connectivity index (χ3v) is 4.22. The molecule has 0 unspecified atom stereocenters. The summed E-state index contributed by atoms with van der Waals surface area (Å²) in [4.78, 5) is 34.8. The Bertz CT molecular complexity index is 932. The van der Waals surface area contributed by atoms with E-state index in [1.807, 2.05) is 0 Å². The fraction of sp³-hybridized carbons (Fsp3) is 0.222. The summed E-state index contributed by atoms with van der Waals surface area (Å²) in [6.07, 6.45) is 0.635. The zero-order chi connectivity index (χ0) is 20.1. The summed E-state index contributed by atoms with van der Waals surface area (Å²) in [7, 11) is 0. The second-order valence-corrected chi connectivity index (χ2v) is 6.67. The Morgan fingerprint density at radius 3 is 2.57 bits per heavy atom. The van der Waals surface area contributed by atoms with Crippen molar-refractivity contribution in [3.05, 3.63) is 56.5 Å². The number of benzene rings is 2. The van der Waals surface area contributed by atoms with Gasteiger partial charge in [0.1, 0.15) is 5.69 Å². The van der Waals surface area contributed by atoms with Gasteiger partial charge >= 0.3 is 5.97 Å². The molecule has 1 aliphatic rings. The number of ether oxygens (including phenoxy) is 3. The third-order valence-electron chi connectivity index (χ3n) is 3.73. The minimum absolute atomic E-state index is 0.0715. The number of carbonyl (C=O) groups is 2. The topological polar surface area (TPSA) is 117 Å². The highest BCUT2D eigenvalue weighted by Crippen LogP contribution is 2.39. The molecule has 1 N–H and O–H groups in total. The Kier molecular flexibility index (Phi) is 6.09. The average Bonchev–Trinajstić information content (AvgIpc) is 2.90. The molecule has 0 radical (unpaired) electrons. The maximum Gasteiger partial charge on any atom is 0.338 e. The van der Waals surface area contributed by atoms with Gasteiger partial charge in [-0.05, 0) is 18.2 Å². The first-order chi connectivity index (χ1) is 13.4. The van der Waals surface area contributed by atoms with E-state index in [1.54, 1.807) is 24.3 Å². The quantitative estimate of drug-likeness (QED) is 0.421. The van der Waals surface area contributed by atoms with E-state index in [0.717, 1.165) is 0 Å². The van der Waals surface area contributed by atoms with Gasteiger partial charge in [-0.25, -0.2) is 4.79 Å². The number of carbonyl (C=O) groups excluding carboxylic acids is 2. The normalized spacial score (nSPS) is 12.6. The molecule has 0 aliphatic carbocycles. The van der Waals surface area contributed by atoms with Crippen molar-refractivity contribution < 1.29 is 28.7 Å². The molecule has 0 aromatic heterocycles. The summed E-state index contributed by atoms with van der Waals surface area (Å²) in [5.74, 6) is -0.877. The summed E-state index contributed by atoms with van der Waals surface area (Å²) in [6.45, 7) is 0.167. The Labute approximate surface area is 167 Å². The van der Waals surface area contributed by atoms with Crippen LogP contribution in [0.1, 0.15) is 16.8 Å². The molecule has 0 atom stereocenters. The van der Waals surface area contributed by atoms with Crippen LogP contribution in [-0.2, 0) is 9.53 Å². The molecule has 3 rings (SSSR count). The summed E-state index contributed by atoms with van der Waals surface area (Å²) in [6, 6.07) is 9.01. The monoisotopic (exact) mass is 450 g/mol. The molecule has 28 heavy (non-hydrogen) atoms. The maximum absolute atomic E-state index is 12.1. The van der Waals surface area contributed by atoms with Crippen molar-refractivity contribution in [2.45, 2.75) is 6.42 Å². The number of hydrogen-bond acceptors (Lipinski definition) is 7. The smallest absolute Gasteiger partial charge is 0.338 e. The second-order valence-electron chi connectivity index (χ2n) is 5.76. The van der Waals surface area contributed by atoms with Crippen LogP contribution in [0.2, 0.25) is 0 Å². The van der Waals surface area contributed by atoms with E-state index >= 15 is 0 Å². The standard InChI is InChI=1S/C18H15BrN2O7/c19-12-4-1-3-11(7-12)18(23)28-10-17(22)20-13-8-15-16(9-14(13)21(24)25)27-6-2-5-26-15/h1,3-4,7-9H,2,5-6,10H2,(H,20,22). The van der Waals surface area contributed by atoms with Gasteiger partial charge < -0.3 is 19.5 Å².